The SMILES string of the molecule is C=CC(=O)OCCC[Si](C)(C)c1ccc(C(=O)Oc2ccc3c(c2)Cc2cc(OC(=O)c4ccc([Si](C)(C)CCCOC(=O)C=C)cc4)ccc2-3)cc1. The standard InChI is InChI=1S/C43H46O8Si2/c1-7-40(44)48-23-9-25-52(3,4)36-17-11-30(12-18-36)42(46)50-34-15-21-38-32(28-34)27-33-29-35(16-22-39(33)38)51-43(47)31-13-19-37(20-14-31)53(5,6)26-10-24-49-41(45)8-2/h7-8,11-22,28-29H,1-2,9-10,23-27H2,3-6H3. The van der Waals surface area contributed by atoms with E-state index in [0.29, 0.717) is 42.3 Å². The predicted octanol–water partition coefficient (Wildman–Crippen LogP) is 7.77. The van der Waals surface area contributed by atoms with E-state index >= 15 is 0 Å². The van der Waals surface area contributed by atoms with E-state index in [1.54, 1.807) is 12.1 Å². The molecule has 0 saturated heterocycles. The molecule has 8 nitrogen and oxygen atoms in total. The number of hydrogen-bond acceptors (Lipinski definition) is 8. The monoisotopic (exact) mass is 746 g/mol. The van der Waals surface area contributed by atoms with Crippen molar-refractivity contribution in [3.63, 3.8) is 0 Å². The molecule has 0 N–H and O–H groups in total. The normalized spacial score (nSPS) is 11.8. The molecule has 4 aromatic carbocycles. The lowest BCUT2D eigenvalue weighted by molar-refractivity contribution is -0.138. The Morgan fingerprint density at radius 1 is 0.585 bits per heavy atom. The smallest absolute Gasteiger partial charge is 0.343 e. The maximum Gasteiger partial charge on any atom is 0.343 e. The Kier molecular flexibility index (Phi) is 12.5. The van der Waals surface area contributed by atoms with Crippen LogP contribution >= 0.6 is 0 Å². The minimum Gasteiger partial charge on any atom is -0.463 e. The molecule has 53 heavy (non-hydrogen) atoms. The molecule has 5 rings (SSSR count). The predicted molar refractivity (Wildman–Crippen MR) is 213 cm³/mol. The second-order valence-corrected chi connectivity index (χ2v) is 24.2. The van der Waals surface area contributed by atoms with Gasteiger partial charge in [-0.05, 0) is 90.0 Å². The zero-order valence-corrected chi connectivity index (χ0v) is 32.9. The van der Waals surface area contributed by atoms with Crippen molar-refractivity contribution in [3.05, 3.63) is 132 Å². The average molecular weight is 747 g/mol. The first-order valence-corrected chi connectivity index (χ1v) is 24.2. The lowest BCUT2D eigenvalue weighted by Gasteiger charge is -2.23. The molecule has 274 valence electrons. The van der Waals surface area contributed by atoms with E-state index in [9.17, 15) is 19.2 Å². The van der Waals surface area contributed by atoms with Crippen molar-refractivity contribution in [2.24, 2.45) is 0 Å². The molecule has 0 atom stereocenters. The van der Waals surface area contributed by atoms with Crippen molar-refractivity contribution in [2.45, 2.75) is 57.5 Å². The molecule has 0 aromatic heterocycles. The van der Waals surface area contributed by atoms with Crippen LogP contribution in [0.4, 0.5) is 0 Å². The maximum absolute atomic E-state index is 13.1. The van der Waals surface area contributed by atoms with E-state index in [0.717, 1.165) is 47.2 Å². The minimum absolute atomic E-state index is 0.365. The van der Waals surface area contributed by atoms with Gasteiger partial charge in [0.1, 0.15) is 11.5 Å². The van der Waals surface area contributed by atoms with Gasteiger partial charge >= 0.3 is 23.9 Å². The van der Waals surface area contributed by atoms with Crippen molar-refractivity contribution < 1.29 is 38.1 Å². The van der Waals surface area contributed by atoms with Crippen LogP contribution in [0.25, 0.3) is 11.1 Å². The lowest BCUT2D eigenvalue weighted by Crippen LogP contribution is -2.41. The third kappa shape index (κ3) is 9.97. The highest BCUT2D eigenvalue weighted by atomic mass is 28.3. The fourth-order valence-electron chi connectivity index (χ4n) is 6.52. The van der Waals surface area contributed by atoms with Gasteiger partial charge in [-0.1, -0.05) is 98.2 Å². The highest BCUT2D eigenvalue weighted by molar-refractivity contribution is 6.90. The van der Waals surface area contributed by atoms with Crippen molar-refractivity contribution >= 4 is 50.4 Å². The summed E-state index contributed by atoms with van der Waals surface area (Å²) in [5.41, 5.74) is 5.09. The summed E-state index contributed by atoms with van der Waals surface area (Å²) >= 11 is 0. The molecule has 0 radical (unpaired) electrons. The van der Waals surface area contributed by atoms with Gasteiger partial charge in [0, 0.05) is 12.2 Å². The van der Waals surface area contributed by atoms with E-state index in [1.165, 1.54) is 22.5 Å². The highest BCUT2D eigenvalue weighted by Crippen LogP contribution is 2.40. The molecule has 0 spiro atoms. The summed E-state index contributed by atoms with van der Waals surface area (Å²) in [6, 6.07) is 28.4. The number of benzene rings is 4. The summed E-state index contributed by atoms with van der Waals surface area (Å²) < 4.78 is 21.8. The quantitative estimate of drug-likeness (QED) is 0.0332. The Balaban J connectivity index is 1.15. The summed E-state index contributed by atoms with van der Waals surface area (Å²) in [4.78, 5) is 48.8. The van der Waals surface area contributed by atoms with Crippen LogP contribution in [-0.2, 0) is 25.5 Å². The van der Waals surface area contributed by atoms with Gasteiger partial charge in [0.25, 0.3) is 0 Å². The number of fused-ring (bicyclic) bond motifs is 3. The van der Waals surface area contributed by atoms with Gasteiger partial charge in [0.2, 0.25) is 0 Å². The Morgan fingerprint density at radius 2 is 0.962 bits per heavy atom. The van der Waals surface area contributed by atoms with Gasteiger partial charge < -0.3 is 18.9 Å². The van der Waals surface area contributed by atoms with Crippen LogP contribution in [-0.4, -0.2) is 53.2 Å². The molecule has 0 heterocycles. The van der Waals surface area contributed by atoms with Crippen molar-refractivity contribution in [2.75, 3.05) is 13.2 Å². The molecule has 0 saturated carbocycles. The third-order valence-electron chi connectivity index (χ3n) is 9.76. The summed E-state index contributed by atoms with van der Waals surface area (Å²) in [5.74, 6) is -0.745. The molecule has 4 aromatic rings. The fourth-order valence-corrected chi connectivity index (χ4v) is 11.3. The molecule has 0 aliphatic heterocycles. The molecule has 0 amide bonds. The van der Waals surface area contributed by atoms with Crippen molar-refractivity contribution in [1.82, 2.24) is 0 Å². The van der Waals surface area contributed by atoms with Crippen LogP contribution in [0.1, 0.15) is 44.7 Å². The van der Waals surface area contributed by atoms with Crippen molar-refractivity contribution in [1.29, 1.82) is 0 Å². The van der Waals surface area contributed by atoms with Crippen LogP contribution in [0.2, 0.25) is 38.3 Å². The highest BCUT2D eigenvalue weighted by Gasteiger charge is 2.26. The van der Waals surface area contributed by atoms with E-state index in [1.807, 2.05) is 72.8 Å². The first-order chi connectivity index (χ1) is 25.3. The molecule has 10 heteroatoms. The van der Waals surface area contributed by atoms with Crippen LogP contribution in [0.5, 0.6) is 11.5 Å². The molecule has 0 unspecified atom stereocenters. The number of esters is 4. The van der Waals surface area contributed by atoms with Crippen LogP contribution < -0.4 is 19.8 Å². The minimum atomic E-state index is -1.79. The van der Waals surface area contributed by atoms with E-state index < -0.39 is 40.0 Å². The first kappa shape index (κ1) is 38.9. The van der Waals surface area contributed by atoms with Crippen LogP contribution in [0.3, 0.4) is 0 Å². The second kappa shape index (κ2) is 17.0. The van der Waals surface area contributed by atoms with Crippen LogP contribution in [0, 0.1) is 0 Å². The summed E-state index contributed by atoms with van der Waals surface area (Å²) in [5, 5.41) is 2.42. The summed E-state index contributed by atoms with van der Waals surface area (Å²) in [7, 11) is -3.58. The Bertz CT molecular complexity index is 1870. The van der Waals surface area contributed by atoms with Gasteiger partial charge in [0.15, 0.2) is 0 Å². The Morgan fingerprint density at radius 3 is 1.32 bits per heavy atom. The van der Waals surface area contributed by atoms with Gasteiger partial charge in [-0.3, -0.25) is 0 Å². The molecule has 0 fully saturated rings. The summed E-state index contributed by atoms with van der Waals surface area (Å²) in [6.07, 6.45) is 4.50. The van der Waals surface area contributed by atoms with Gasteiger partial charge in [0.05, 0.1) is 40.5 Å². The average Bonchev–Trinajstić information content (AvgIpc) is 3.51. The van der Waals surface area contributed by atoms with Gasteiger partial charge in [-0.2, -0.15) is 0 Å². The Hall–Kier alpha value is -5.33. The third-order valence-corrected chi connectivity index (χ3v) is 16.8. The fraction of sp³-hybridized carbons (Fsp3) is 0.256. The van der Waals surface area contributed by atoms with Crippen LogP contribution in [0.15, 0.2) is 110 Å². The molecular formula is C43H46O8Si2. The van der Waals surface area contributed by atoms with E-state index in [-0.39, 0.29) is 0 Å². The number of ether oxygens (including phenoxy) is 4. The topological polar surface area (TPSA) is 105 Å². The van der Waals surface area contributed by atoms with Gasteiger partial charge in [-0.25, -0.2) is 19.2 Å². The molecule has 1 aliphatic rings. The zero-order valence-electron chi connectivity index (χ0n) is 30.9. The number of hydrogen-bond donors (Lipinski definition) is 0. The lowest BCUT2D eigenvalue weighted by atomic mass is 10.1. The second-order valence-electron chi connectivity index (χ2n) is 14.5. The van der Waals surface area contributed by atoms with E-state index in [4.69, 9.17) is 18.9 Å². The number of carbonyl (C=O) groups excluding carboxylic acids is 4. The maximum atomic E-state index is 13.1. The molecule has 1 aliphatic carbocycles. The molecule has 0 bridgehead atoms. The van der Waals surface area contributed by atoms with E-state index in [2.05, 4.69) is 39.3 Å². The van der Waals surface area contributed by atoms with Gasteiger partial charge in [-0.15, -0.1) is 0 Å². The largest absolute Gasteiger partial charge is 0.463 e. The number of carbonyl (C=O) groups is 4. The molecular weight excluding hydrogens is 701 g/mol. The first-order valence-electron chi connectivity index (χ1n) is 17.8. The van der Waals surface area contributed by atoms with Crippen molar-refractivity contribution in [3.8, 4) is 22.6 Å². The number of rotatable bonds is 16. The zero-order chi connectivity index (χ0) is 38.2. The Labute approximate surface area is 313 Å². The summed E-state index contributed by atoms with van der Waals surface area (Å²) in [6.45, 7) is 16.6.